The topological polar surface area (TPSA) is 51.7 Å². The predicted octanol–water partition coefficient (Wildman–Crippen LogP) is 4.39. The van der Waals surface area contributed by atoms with Gasteiger partial charge in [0.25, 0.3) is 0 Å². The summed E-state index contributed by atoms with van der Waals surface area (Å²) < 4.78 is 12.2. The number of halogens is 1. The second-order valence-electron chi connectivity index (χ2n) is 6.13. The Morgan fingerprint density at radius 1 is 1.30 bits per heavy atom. The molecule has 27 heavy (non-hydrogen) atoms. The SMILES string of the molecule is CN(Cc1nc2ccccc2s1)C(=O)/C=C/c1cc(Cl)c2c(c1)OCCO2. The van der Waals surface area contributed by atoms with Gasteiger partial charge < -0.3 is 14.4 Å². The second kappa shape index (κ2) is 7.58. The Labute approximate surface area is 165 Å². The first-order valence-electron chi connectivity index (χ1n) is 8.47. The Bertz CT molecular complexity index is 998. The third kappa shape index (κ3) is 3.91. The van der Waals surface area contributed by atoms with Crippen molar-refractivity contribution < 1.29 is 14.3 Å². The maximum atomic E-state index is 12.4. The van der Waals surface area contributed by atoms with Gasteiger partial charge in [-0.05, 0) is 35.9 Å². The number of amides is 1. The zero-order valence-corrected chi connectivity index (χ0v) is 16.2. The predicted molar refractivity (Wildman–Crippen MR) is 108 cm³/mol. The van der Waals surface area contributed by atoms with Gasteiger partial charge in [0.1, 0.15) is 18.2 Å². The van der Waals surface area contributed by atoms with E-state index in [1.807, 2.05) is 30.3 Å². The number of carbonyl (C=O) groups is 1. The first-order valence-corrected chi connectivity index (χ1v) is 9.66. The van der Waals surface area contributed by atoms with Crippen molar-refractivity contribution in [3.63, 3.8) is 0 Å². The molecule has 1 aliphatic heterocycles. The summed E-state index contributed by atoms with van der Waals surface area (Å²) in [5.41, 5.74) is 1.74. The van der Waals surface area contributed by atoms with Gasteiger partial charge in [0.15, 0.2) is 11.5 Å². The normalized spacial score (nSPS) is 13.3. The Morgan fingerprint density at radius 3 is 2.96 bits per heavy atom. The molecule has 0 bridgehead atoms. The highest BCUT2D eigenvalue weighted by Crippen LogP contribution is 2.38. The number of para-hydroxylation sites is 1. The summed E-state index contributed by atoms with van der Waals surface area (Å²) in [7, 11) is 1.76. The van der Waals surface area contributed by atoms with Gasteiger partial charge in [-0.3, -0.25) is 4.79 Å². The standard InChI is InChI=1S/C20H17ClN2O3S/c1-23(12-18-22-15-4-2-3-5-17(15)27-18)19(24)7-6-13-10-14(21)20-16(11-13)25-8-9-26-20/h2-7,10-11H,8-9,12H2,1H3/b7-6+. The minimum atomic E-state index is -0.111. The number of fused-ring (bicyclic) bond motifs is 2. The van der Waals surface area contributed by atoms with Crippen LogP contribution in [0.1, 0.15) is 10.6 Å². The first-order chi connectivity index (χ1) is 13.1. The number of aromatic nitrogens is 1. The lowest BCUT2D eigenvalue weighted by molar-refractivity contribution is -0.125. The molecular formula is C20H17ClN2O3S. The van der Waals surface area contributed by atoms with Gasteiger partial charge >= 0.3 is 0 Å². The first kappa shape index (κ1) is 17.8. The van der Waals surface area contributed by atoms with E-state index in [9.17, 15) is 4.79 Å². The monoisotopic (exact) mass is 400 g/mol. The minimum Gasteiger partial charge on any atom is -0.486 e. The quantitative estimate of drug-likeness (QED) is 0.609. The summed E-state index contributed by atoms with van der Waals surface area (Å²) in [4.78, 5) is 18.6. The number of rotatable bonds is 4. The van der Waals surface area contributed by atoms with Crippen LogP contribution < -0.4 is 9.47 Å². The summed E-state index contributed by atoms with van der Waals surface area (Å²) in [6.45, 7) is 1.43. The van der Waals surface area contributed by atoms with Crippen molar-refractivity contribution in [2.45, 2.75) is 6.54 Å². The average Bonchev–Trinajstić information content (AvgIpc) is 3.08. The molecule has 4 rings (SSSR count). The zero-order valence-electron chi connectivity index (χ0n) is 14.6. The molecule has 7 heteroatoms. The number of benzene rings is 2. The van der Waals surface area contributed by atoms with Crippen LogP contribution >= 0.6 is 22.9 Å². The van der Waals surface area contributed by atoms with Crippen LogP contribution in [0.4, 0.5) is 0 Å². The molecule has 0 aliphatic carbocycles. The molecule has 0 N–H and O–H groups in total. The van der Waals surface area contributed by atoms with Crippen molar-refractivity contribution in [3.8, 4) is 11.5 Å². The lowest BCUT2D eigenvalue weighted by Crippen LogP contribution is -2.23. The smallest absolute Gasteiger partial charge is 0.246 e. The molecule has 2 aromatic carbocycles. The molecule has 1 aliphatic rings. The van der Waals surface area contributed by atoms with Crippen molar-refractivity contribution >= 4 is 45.1 Å². The van der Waals surface area contributed by atoms with Crippen LogP contribution in [0.2, 0.25) is 5.02 Å². The highest BCUT2D eigenvalue weighted by Gasteiger charge is 2.16. The molecule has 138 valence electrons. The minimum absolute atomic E-state index is 0.111. The second-order valence-corrected chi connectivity index (χ2v) is 7.65. The van der Waals surface area contributed by atoms with E-state index in [1.54, 1.807) is 35.4 Å². The van der Waals surface area contributed by atoms with Gasteiger partial charge in [0, 0.05) is 13.1 Å². The molecule has 0 fully saturated rings. The molecule has 0 radical (unpaired) electrons. The third-order valence-electron chi connectivity index (χ3n) is 4.12. The Balaban J connectivity index is 1.45. The third-order valence-corrected chi connectivity index (χ3v) is 5.43. The van der Waals surface area contributed by atoms with Crippen molar-refractivity contribution in [3.05, 3.63) is 58.1 Å². The fourth-order valence-electron chi connectivity index (χ4n) is 2.79. The fraction of sp³-hybridized carbons (Fsp3) is 0.200. The molecule has 1 aromatic heterocycles. The van der Waals surface area contributed by atoms with E-state index in [-0.39, 0.29) is 5.91 Å². The number of hydrogen-bond donors (Lipinski definition) is 0. The molecule has 1 amide bonds. The number of thiazole rings is 1. The molecule has 0 saturated heterocycles. The van der Waals surface area contributed by atoms with E-state index in [1.165, 1.54) is 6.08 Å². The van der Waals surface area contributed by atoms with Gasteiger partial charge in [0.05, 0.1) is 21.8 Å². The van der Waals surface area contributed by atoms with Gasteiger partial charge in [0.2, 0.25) is 5.91 Å². The molecule has 2 heterocycles. The van der Waals surface area contributed by atoms with E-state index in [2.05, 4.69) is 4.98 Å². The summed E-state index contributed by atoms with van der Waals surface area (Å²) >= 11 is 7.83. The Hall–Kier alpha value is -2.57. The fourth-order valence-corrected chi connectivity index (χ4v) is 4.08. The van der Waals surface area contributed by atoms with Gasteiger partial charge in [-0.25, -0.2) is 4.98 Å². The van der Waals surface area contributed by atoms with Gasteiger partial charge in [-0.15, -0.1) is 11.3 Å². The lowest BCUT2D eigenvalue weighted by atomic mass is 10.1. The largest absolute Gasteiger partial charge is 0.486 e. The number of carbonyl (C=O) groups excluding carboxylic acids is 1. The number of ether oxygens (including phenoxy) is 2. The molecule has 0 atom stereocenters. The highest BCUT2D eigenvalue weighted by atomic mass is 35.5. The molecule has 0 saturated carbocycles. The number of hydrogen-bond acceptors (Lipinski definition) is 5. The molecule has 5 nitrogen and oxygen atoms in total. The maximum Gasteiger partial charge on any atom is 0.246 e. The van der Waals surface area contributed by atoms with Crippen LogP contribution in [0.25, 0.3) is 16.3 Å². The summed E-state index contributed by atoms with van der Waals surface area (Å²) in [5, 5.41) is 1.38. The van der Waals surface area contributed by atoms with Gasteiger partial charge in [-0.2, -0.15) is 0 Å². The van der Waals surface area contributed by atoms with Gasteiger partial charge in [-0.1, -0.05) is 23.7 Å². The zero-order chi connectivity index (χ0) is 18.8. The molecule has 3 aromatic rings. The maximum absolute atomic E-state index is 12.4. The van der Waals surface area contributed by atoms with Crippen LogP contribution in [0.3, 0.4) is 0 Å². The average molecular weight is 401 g/mol. The Kier molecular flexibility index (Phi) is 5.01. The van der Waals surface area contributed by atoms with E-state index in [4.69, 9.17) is 21.1 Å². The van der Waals surface area contributed by atoms with Crippen molar-refractivity contribution in [1.29, 1.82) is 0 Å². The van der Waals surface area contributed by atoms with E-state index in [0.29, 0.717) is 36.3 Å². The van der Waals surface area contributed by atoms with Crippen LogP contribution in [-0.4, -0.2) is 36.1 Å². The lowest BCUT2D eigenvalue weighted by Gasteiger charge is -2.19. The molecule has 0 unspecified atom stereocenters. The van der Waals surface area contributed by atoms with Crippen molar-refractivity contribution in [2.75, 3.05) is 20.3 Å². The van der Waals surface area contributed by atoms with Crippen molar-refractivity contribution in [2.24, 2.45) is 0 Å². The van der Waals surface area contributed by atoms with E-state index in [0.717, 1.165) is 20.8 Å². The summed E-state index contributed by atoms with van der Waals surface area (Å²) in [6.07, 6.45) is 3.25. The molecular weight excluding hydrogens is 384 g/mol. The number of nitrogens with zero attached hydrogens (tertiary/aromatic N) is 2. The van der Waals surface area contributed by atoms with Crippen molar-refractivity contribution in [1.82, 2.24) is 9.88 Å². The highest BCUT2D eigenvalue weighted by molar-refractivity contribution is 7.18. The van der Waals surface area contributed by atoms with E-state index < -0.39 is 0 Å². The Morgan fingerprint density at radius 2 is 2.11 bits per heavy atom. The summed E-state index contributed by atoms with van der Waals surface area (Å²) in [6, 6.07) is 11.5. The van der Waals surface area contributed by atoms with E-state index >= 15 is 0 Å². The van der Waals surface area contributed by atoms with Crippen LogP contribution in [0.15, 0.2) is 42.5 Å². The van der Waals surface area contributed by atoms with Crippen LogP contribution in [0.5, 0.6) is 11.5 Å². The van der Waals surface area contributed by atoms with Crippen LogP contribution in [-0.2, 0) is 11.3 Å². The summed E-state index contributed by atoms with van der Waals surface area (Å²) in [5.74, 6) is 1.04. The molecule has 0 spiro atoms. The number of likely N-dealkylation sites (N-methyl/N-ethyl adjacent to an activating group) is 1. The van der Waals surface area contributed by atoms with Crippen LogP contribution in [0, 0.1) is 0 Å².